The molecule has 2 aromatic rings. The molecule has 1 aromatic carbocycles. The Hall–Kier alpha value is -2.31. The highest BCUT2D eigenvalue weighted by Crippen LogP contribution is 2.37. The molecule has 3 saturated heterocycles. The number of piperidine rings is 1. The summed E-state index contributed by atoms with van der Waals surface area (Å²) in [5.74, 6) is 0.434. The molecule has 1 aromatic heterocycles. The average molecular weight is 410 g/mol. The zero-order valence-electron chi connectivity index (χ0n) is 17.5. The molecule has 0 bridgehead atoms. The van der Waals surface area contributed by atoms with E-state index in [0.29, 0.717) is 11.8 Å². The normalized spacial score (nSPS) is 24.9. The number of carbonyl (C=O) groups excluding carboxylic acids is 1. The number of hydrogen-bond acceptors (Lipinski definition) is 5. The third-order valence-electron chi connectivity index (χ3n) is 7.11. The lowest BCUT2D eigenvalue weighted by Gasteiger charge is -2.49. The highest BCUT2D eigenvalue weighted by molar-refractivity contribution is 5.91. The predicted molar refractivity (Wildman–Crippen MR) is 116 cm³/mol. The number of para-hydroxylation sites is 1. The summed E-state index contributed by atoms with van der Waals surface area (Å²) in [4.78, 5) is 19.6. The van der Waals surface area contributed by atoms with Gasteiger partial charge in [0, 0.05) is 57.6 Å². The first kappa shape index (κ1) is 19.6. The topological polar surface area (TPSA) is 49.2 Å². The van der Waals surface area contributed by atoms with Crippen molar-refractivity contribution in [2.45, 2.75) is 37.3 Å². The molecule has 0 N–H and O–H groups in total. The number of likely N-dealkylation sites (tertiary alicyclic amines) is 1. The van der Waals surface area contributed by atoms with Crippen molar-refractivity contribution in [3.05, 3.63) is 54.5 Å². The molecule has 1 atom stereocenters. The minimum absolute atomic E-state index is 0.000701. The molecule has 0 radical (unpaired) electrons. The van der Waals surface area contributed by atoms with Gasteiger partial charge in [-0.25, -0.2) is 0 Å². The number of anilines is 1. The fourth-order valence-corrected chi connectivity index (χ4v) is 5.32. The Morgan fingerprint density at radius 3 is 2.40 bits per heavy atom. The van der Waals surface area contributed by atoms with E-state index in [1.165, 1.54) is 5.69 Å². The highest BCUT2D eigenvalue weighted by Gasteiger charge is 2.43. The Bertz CT molecular complexity index is 823. The molecule has 6 heteroatoms. The number of hydrogen-bond donors (Lipinski definition) is 0. The summed E-state index contributed by atoms with van der Waals surface area (Å²) in [5.41, 5.74) is 1.26. The largest absolute Gasteiger partial charge is 0.459 e. The number of carbonyl (C=O) groups is 1. The van der Waals surface area contributed by atoms with Gasteiger partial charge in [0.2, 0.25) is 0 Å². The first-order valence-corrected chi connectivity index (χ1v) is 11.2. The summed E-state index contributed by atoms with van der Waals surface area (Å²) in [6.45, 7) is 6.70. The van der Waals surface area contributed by atoms with E-state index >= 15 is 0 Å². The second-order valence-corrected chi connectivity index (χ2v) is 8.81. The van der Waals surface area contributed by atoms with Crippen LogP contribution in [0, 0.1) is 0 Å². The van der Waals surface area contributed by atoms with Crippen molar-refractivity contribution in [2.24, 2.45) is 0 Å². The van der Waals surface area contributed by atoms with E-state index in [1.54, 1.807) is 18.4 Å². The van der Waals surface area contributed by atoms with E-state index < -0.39 is 0 Å². The van der Waals surface area contributed by atoms with Crippen LogP contribution < -0.4 is 4.90 Å². The number of piperazine rings is 1. The molecule has 3 aliphatic heterocycles. The van der Waals surface area contributed by atoms with E-state index in [-0.39, 0.29) is 11.5 Å². The first-order chi connectivity index (χ1) is 14.7. The van der Waals surface area contributed by atoms with Crippen molar-refractivity contribution in [2.75, 3.05) is 50.8 Å². The van der Waals surface area contributed by atoms with Crippen molar-refractivity contribution in [3.63, 3.8) is 0 Å². The summed E-state index contributed by atoms with van der Waals surface area (Å²) in [5, 5.41) is 0. The summed E-state index contributed by atoms with van der Waals surface area (Å²) in [7, 11) is 0. The Balaban J connectivity index is 1.15. The smallest absolute Gasteiger partial charge is 0.289 e. The molecule has 160 valence electrons. The van der Waals surface area contributed by atoms with Gasteiger partial charge in [0.1, 0.15) is 0 Å². The Kier molecular flexibility index (Phi) is 5.52. The SMILES string of the molecule is O=C(c1ccco1)N1CCC2(CC1)C[C@H](N1CCN(c3ccccc3)CC1)CCO2. The first-order valence-electron chi connectivity index (χ1n) is 11.2. The molecule has 6 nitrogen and oxygen atoms in total. The fraction of sp³-hybridized carbons (Fsp3) is 0.542. The van der Waals surface area contributed by atoms with E-state index in [1.807, 2.05) is 4.90 Å². The van der Waals surface area contributed by atoms with E-state index in [4.69, 9.17) is 9.15 Å². The van der Waals surface area contributed by atoms with Crippen LogP contribution in [0.3, 0.4) is 0 Å². The van der Waals surface area contributed by atoms with E-state index in [0.717, 1.165) is 71.6 Å². The van der Waals surface area contributed by atoms with Gasteiger partial charge in [-0.2, -0.15) is 0 Å². The maximum absolute atomic E-state index is 12.6. The molecule has 3 aliphatic rings. The minimum atomic E-state index is -0.0700. The second kappa shape index (κ2) is 8.44. The standard InChI is InChI=1S/C24H31N3O3/c28-23(22-7-4-17-29-22)27-11-9-24(10-12-27)19-21(8-18-30-24)26-15-13-25(14-16-26)20-5-2-1-3-6-20/h1-7,17,21H,8-16,18-19H2/t21-/m1/s1. The van der Waals surface area contributed by atoms with Gasteiger partial charge in [-0.1, -0.05) is 18.2 Å². The maximum atomic E-state index is 12.6. The van der Waals surface area contributed by atoms with E-state index in [9.17, 15) is 4.79 Å². The van der Waals surface area contributed by atoms with E-state index in [2.05, 4.69) is 40.1 Å². The van der Waals surface area contributed by atoms with Gasteiger partial charge in [-0.15, -0.1) is 0 Å². The quantitative estimate of drug-likeness (QED) is 0.779. The van der Waals surface area contributed by atoms with Crippen molar-refractivity contribution in [1.82, 2.24) is 9.80 Å². The molecular weight excluding hydrogens is 378 g/mol. The summed E-state index contributed by atoms with van der Waals surface area (Å²) in [6.07, 6.45) is 5.59. The molecule has 0 saturated carbocycles. The van der Waals surface area contributed by atoms with Gasteiger partial charge < -0.3 is 19.0 Å². The zero-order valence-corrected chi connectivity index (χ0v) is 17.5. The Labute approximate surface area is 178 Å². The average Bonchev–Trinajstić information content (AvgIpc) is 3.35. The number of amides is 1. The number of furan rings is 1. The van der Waals surface area contributed by atoms with Crippen molar-refractivity contribution < 1.29 is 13.9 Å². The number of benzene rings is 1. The third-order valence-corrected chi connectivity index (χ3v) is 7.11. The number of nitrogens with zero attached hydrogens (tertiary/aromatic N) is 3. The summed E-state index contributed by atoms with van der Waals surface area (Å²) < 4.78 is 11.6. The van der Waals surface area contributed by atoms with Crippen LogP contribution in [0.25, 0.3) is 0 Å². The molecule has 0 aliphatic carbocycles. The molecule has 30 heavy (non-hydrogen) atoms. The molecule has 0 unspecified atom stereocenters. The van der Waals surface area contributed by atoms with Crippen LogP contribution in [0.1, 0.15) is 36.2 Å². The minimum Gasteiger partial charge on any atom is -0.459 e. The molecular formula is C24H31N3O3. The Morgan fingerprint density at radius 1 is 0.933 bits per heavy atom. The number of ether oxygens (including phenoxy) is 1. The molecule has 3 fully saturated rings. The lowest BCUT2D eigenvalue weighted by atomic mass is 9.81. The predicted octanol–water partition coefficient (Wildman–Crippen LogP) is 3.26. The zero-order chi connectivity index (χ0) is 20.4. The van der Waals surface area contributed by atoms with Gasteiger partial charge >= 0.3 is 0 Å². The van der Waals surface area contributed by atoms with Crippen LogP contribution in [0.4, 0.5) is 5.69 Å². The molecule has 1 amide bonds. The maximum Gasteiger partial charge on any atom is 0.289 e. The van der Waals surface area contributed by atoms with Crippen LogP contribution >= 0.6 is 0 Å². The van der Waals surface area contributed by atoms with Crippen molar-refractivity contribution in [1.29, 1.82) is 0 Å². The highest BCUT2D eigenvalue weighted by atomic mass is 16.5. The lowest BCUT2D eigenvalue weighted by molar-refractivity contribution is -0.130. The molecule has 5 rings (SSSR count). The van der Waals surface area contributed by atoms with Crippen LogP contribution in [0.15, 0.2) is 53.1 Å². The van der Waals surface area contributed by atoms with Gasteiger partial charge in [-0.05, 0) is 49.9 Å². The van der Waals surface area contributed by atoms with Crippen LogP contribution in [0.5, 0.6) is 0 Å². The molecule has 1 spiro atoms. The summed E-state index contributed by atoms with van der Waals surface area (Å²) >= 11 is 0. The van der Waals surface area contributed by atoms with Crippen LogP contribution in [-0.4, -0.2) is 73.2 Å². The van der Waals surface area contributed by atoms with Crippen LogP contribution in [-0.2, 0) is 4.74 Å². The fourth-order valence-electron chi connectivity index (χ4n) is 5.32. The number of rotatable bonds is 3. The lowest BCUT2D eigenvalue weighted by Crippen LogP contribution is -2.57. The van der Waals surface area contributed by atoms with Crippen molar-refractivity contribution in [3.8, 4) is 0 Å². The monoisotopic (exact) mass is 409 g/mol. The van der Waals surface area contributed by atoms with Gasteiger partial charge in [0.15, 0.2) is 5.76 Å². The Morgan fingerprint density at radius 2 is 1.70 bits per heavy atom. The van der Waals surface area contributed by atoms with Gasteiger partial charge in [0.25, 0.3) is 5.91 Å². The third kappa shape index (κ3) is 3.98. The van der Waals surface area contributed by atoms with Crippen LogP contribution in [0.2, 0.25) is 0 Å². The second-order valence-electron chi connectivity index (χ2n) is 8.81. The molecule has 4 heterocycles. The summed E-state index contributed by atoms with van der Waals surface area (Å²) in [6, 6.07) is 14.8. The van der Waals surface area contributed by atoms with Gasteiger partial charge in [-0.3, -0.25) is 9.69 Å². The van der Waals surface area contributed by atoms with Crippen molar-refractivity contribution >= 4 is 11.6 Å². The van der Waals surface area contributed by atoms with Gasteiger partial charge in [0.05, 0.1) is 11.9 Å².